The van der Waals surface area contributed by atoms with Crippen LogP contribution < -0.4 is 29.6 Å². The van der Waals surface area contributed by atoms with Crippen molar-refractivity contribution in [3.8, 4) is 0 Å². The van der Waals surface area contributed by atoms with Gasteiger partial charge >= 0.3 is 29.6 Å². The zero-order chi connectivity index (χ0) is 2.00. The molecule has 0 rings (SSSR count). The summed E-state index contributed by atoms with van der Waals surface area (Å²) in [5.41, 5.74) is 0. The molecular formula is CHFeNNaNi-. The maximum absolute atomic E-state index is 6.25. The Bertz CT molecular complexity index is 20.3. The van der Waals surface area contributed by atoms with Crippen molar-refractivity contribution >= 4 is 0 Å². The molecule has 0 saturated carbocycles. The maximum Gasteiger partial charge on any atom is 1.00 e. The third kappa shape index (κ3) is 29.9. The van der Waals surface area contributed by atoms with Crippen LogP contribution in [0.15, 0.2) is 0 Å². The molecule has 30 valence electrons. The molecule has 0 bridgehead atoms. The van der Waals surface area contributed by atoms with Gasteiger partial charge in [0.05, 0.1) is 0 Å². The van der Waals surface area contributed by atoms with Gasteiger partial charge in [0.15, 0.2) is 0 Å². The second kappa shape index (κ2) is 49.4. The largest absolute Gasteiger partial charge is 1.00 e. The predicted molar refractivity (Wildman–Crippen MR) is 6.08 cm³/mol. The molecule has 0 aromatic rings. The summed E-state index contributed by atoms with van der Waals surface area (Å²) in [4.78, 5) is 0. The fourth-order valence-corrected chi connectivity index (χ4v) is 0. The summed E-state index contributed by atoms with van der Waals surface area (Å²) in [5.74, 6) is 0. The van der Waals surface area contributed by atoms with Crippen LogP contribution in [0.4, 0.5) is 0 Å². The van der Waals surface area contributed by atoms with Crippen molar-refractivity contribution in [2.75, 3.05) is 0 Å². The van der Waals surface area contributed by atoms with Gasteiger partial charge in [0.1, 0.15) is 0 Å². The minimum Gasteiger partial charge on any atom is -1.00 e. The van der Waals surface area contributed by atoms with E-state index < -0.39 is 0 Å². The molecule has 0 saturated heterocycles. The summed E-state index contributed by atoms with van der Waals surface area (Å²) in [5, 5.41) is 6.25. The SMILES string of the molecule is [C-]#N.[Fe].[H-].[Na+].[Ni]. The number of rotatable bonds is 0. The van der Waals surface area contributed by atoms with Crippen LogP contribution in [0.5, 0.6) is 0 Å². The van der Waals surface area contributed by atoms with E-state index >= 15 is 0 Å². The summed E-state index contributed by atoms with van der Waals surface area (Å²) in [6.45, 7) is 4.75. The van der Waals surface area contributed by atoms with Gasteiger partial charge in [-0.05, 0) is 0 Å². The van der Waals surface area contributed by atoms with Gasteiger partial charge in [-0.1, -0.05) is 0 Å². The summed E-state index contributed by atoms with van der Waals surface area (Å²) in [6, 6.07) is 0. The molecule has 1 nitrogen and oxygen atoms in total. The van der Waals surface area contributed by atoms with Crippen LogP contribution in [0, 0.1) is 11.8 Å². The summed E-state index contributed by atoms with van der Waals surface area (Å²) >= 11 is 0. The molecule has 0 aromatic heterocycles. The van der Waals surface area contributed by atoms with E-state index in [1.54, 1.807) is 0 Å². The molecule has 0 aromatic carbocycles. The van der Waals surface area contributed by atoms with Crippen LogP contribution in [0.25, 0.3) is 0 Å². The summed E-state index contributed by atoms with van der Waals surface area (Å²) in [7, 11) is 0. The predicted octanol–water partition coefficient (Wildman–Crippen LogP) is -2.79. The van der Waals surface area contributed by atoms with Crippen LogP contribution in [-0.2, 0) is 33.6 Å². The van der Waals surface area contributed by atoms with Gasteiger partial charge in [0.25, 0.3) is 0 Å². The van der Waals surface area contributed by atoms with Crippen LogP contribution in [-0.4, -0.2) is 0 Å². The number of nitrogens with zero attached hydrogens (tertiary/aromatic N) is 1. The molecule has 0 heterocycles. The molecule has 0 N–H and O–H groups in total. The van der Waals surface area contributed by atoms with Gasteiger partial charge in [-0.25, -0.2) is 0 Å². The van der Waals surface area contributed by atoms with Gasteiger partial charge < -0.3 is 13.3 Å². The fourth-order valence-electron chi connectivity index (χ4n) is 0. The zero-order valence-electron chi connectivity index (χ0n) is 3.62. The molecule has 0 aliphatic carbocycles. The maximum atomic E-state index is 6.25. The molecule has 5 heavy (non-hydrogen) atoms. The average Bonchev–Trinajstić information content (AvgIpc) is 1.00. The summed E-state index contributed by atoms with van der Waals surface area (Å²) in [6.07, 6.45) is 0. The molecule has 0 spiro atoms. The minimum absolute atomic E-state index is 0. The Kier molecular flexibility index (Phi) is 311. The third-order valence-electron chi connectivity index (χ3n) is 0. The van der Waals surface area contributed by atoms with E-state index in [-0.39, 0.29) is 64.5 Å². The van der Waals surface area contributed by atoms with Gasteiger partial charge in [0.2, 0.25) is 0 Å². The minimum atomic E-state index is 0. The van der Waals surface area contributed by atoms with Crippen molar-refractivity contribution in [1.82, 2.24) is 0 Å². The fraction of sp³-hybridized carbons (Fsp3) is 0. The van der Waals surface area contributed by atoms with Crippen LogP contribution in [0.3, 0.4) is 0 Å². The van der Waals surface area contributed by atoms with E-state index in [2.05, 4.69) is 0 Å². The first-order valence-electron chi connectivity index (χ1n) is 0.224. The topological polar surface area (TPSA) is 23.8 Å². The van der Waals surface area contributed by atoms with Gasteiger partial charge in [-0.2, -0.15) is 0 Å². The van der Waals surface area contributed by atoms with E-state index in [0.29, 0.717) is 0 Å². The van der Waals surface area contributed by atoms with E-state index in [9.17, 15) is 0 Å². The molecule has 0 amide bonds. The van der Waals surface area contributed by atoms with Gasteiger partial charge in [0, 0.05) is 33.6 Å². The quantitative estimate of drug-likeness (QED) is 0.281. The van der Waals surface area contributed by atoms with Crippen molar-refractivity contribution in [1.29, 1.82) is 5.26 Å². The molecule has 4 heteroatoms. The van der Waals surface area contributed by atoms with Crippen molar-refractivity contribution in [3.05, 3.63) is 6.57 Å². The molecule has 0 unspecified atom stereocenters. The molecule has 0 atom stereocenters. The molecule has 0 aliphatic rings. The number of hydrogen-bond acceptors (Lipinski definition) is 1. The standard InChI is InChI=1S/CN.Fe.Na.Ni.H/c1-2;;;;/q-1;;+1;;-1. The van der Waals surface area contributed by atoms with E-state index in [0.717, 1.165) is 0 Å². The van der Waals surface area contributed by atoms with Crippen molar-refractivity contribution in [2.24, 2.45) is 0 Å². The average molecular weight is 165 g/mol. The van der Waals surface area contributed by atoms with Gasteiger partial charge in [-0.15, -0.1) is 0 Å². The molecule has 0 fully saturated rings. The van der Waals surface area contributed by atoms with E-state index in [1.165, 1.54) is 0 Å². The Balaban J connectivity index is -0.000000000833. The number of hydrogen-bond donors (Lipinski definition) is 0. The van der Waals surface area contributed by atoms with Crippen molar-refractivity contribution in [2.45, 2.75) is 0 Å². The first-order chi connectivity index (χ1) is 1.00. The molecular weight excluding hydrogens is 164 g/mol. The normalized spacial score (nSPS) is 0.400. The third-order valence-corrected chi connectivity index (χ3v) is 0. The molecule has 0 radical (unpaired) electrons. The monoisotopic (exact) mass is 164 g/mol. The van der Waals surface area contributed by atoms with Crippen LogP contribution in [0.1, 0.15) is 1.43 Å². The van der Waals surface area contributed by atoms with E-state index in [1.807, 2.05) is 0 Å². The smallest absolute Gasteiger partial charge is 1.00 e. The molecule has 0 aliphatic heterocycles. The zero-order valence-corrected chi connectivity index (χ0v) is 6.71. The second-order valence-electron chi connectivity index (χ2n) is 0. The van der Waals surface area contributed by atoms with E-state index in [4.69, 9.17) is 11.8 Å². The van der Waals surface area contributed by atoms with Crippen LogP contribution in [0.2, 0.25) is 0 Å². The Labute approximate surface area is 75.7 Å². The second-order valence-corrected chi connectivity index (χ2v) is 0. The Hall–Kier alpha value is 1.50. The summed E-state index contributed by atoms with van der Waals surface area (Å²) < 4.78 is 0. The first-order valence-corrected chi connectivity index (χ1v) is 0.224. The Morgan fingerprint density at radius 3 is 1.40 bits per heavy atom. The van der Waals surface area contributed by atoms with Crippen molar-refractivity contribution < 1.29 is 64.5 Å². The Morgan fingerprint density at radius 2 is 1.40 bits per heavy atom. The first kappa shape index (κ1) is 31.4. The van der Waals surface area contributed by atoms with Crippen LogP contribution >= 0.6 is 0 Å². The van der Waals surface area contributed by atoms with Crippen molar-refractivity contribution in [3.63, 3.8) is 0 Å². The van der Waals surface area contributed by atoms with Gasteiger partial charge in [-0.3, -0.25) is 0 Å². The Morgan fingerprint density at radius 1 is 1.40 bits per heavy atom.